The van der Waals surface area contributed by atoms with E-state index in [2.05, 4.69) is 30.7 Å². The first kappa shape index (κ1) is 11.6. The maximum atomic E-state index is 5.73. The second-order valence-electron chi connectivity index (χ2n) is 3.47. The van der Waals surface area contributed by atoms with Gasteiger partial charge in [-0.2, -0.15) is 0 Å². The molecule has 0 aliphatic heterocycles. The van der Waals surface area contributed by atoms with Gasteiger partial charge in [-0.3, -0.25) is 0 Å². The van der Waals surface area contributed by atoms with Crippen LogP contribution in [0.5, 0.6) is 0 Å². The summed E-state index contributed by atoms with van der Waals surface area (Å²) in [6, 6.07) is 0. The Morgan fingerprint density at radius 1 is 1.43 bits per heavy atom. The molecule has 0 aliphatic rings. The molecule has 5 heteroatoms. The van der Waals surface area contributed by atoms with Crippen LogP contribution in [-0.2, 0) is 0 Å². The molecule has 14 heavy (non-hydrogen) atoms. The molecule has 1 rings (SSSR count). The molecule has 0 fully saturated rings. The van der Waals surface area contributed by atoms with Gasteiger partial charge in [0.1, 0.15) is 5.03 Å². The number of halogens is 1. The van der Waals surface area contributed by atoms with Crippen molar-refractivity contribution in [3.8, 4) is 0 Å². The fourth-order valence-corrected chi connectivity index (χ4v) is 1.90. The van der Waals surface area contributed by atoms with Gasteiger partial charge in [0.05, 0.1) is 11.9 Å². The fraction of sp³-hybridized carbons (Fsp3) is 0.556. The van der Waals surface area contributed by atoms with Gasteiger partial charge >= 0.3 is 0 Å². The Morgan fingerprint density at radius 2 is 2.07 bits per heavy atom. The second kappa shape index (κ2) is 4.84. The zero-order valence-corrected chi connectivity index (χ0v) is 10.1. The van der Waals surface area contributed by atoms with Crippen LogP contribution in [0, 0.1) is 5.92 Å². The molecule has 1 atom stereocenters. The summed E-state index contributed by atoms with van der Waals surface area (Å²) in [4.78, 5) is 7.89. The summed E-state index contributed by atoms with van der Waals surface area (Å²) >= 11 is 7.32. The van der Waals surface area contributed by atoms with Gasteiger partial charge in [0.15, 0.2) is 0 Å². The van der Waals surface area contributed by atoms with Crippen molar-refractivity contribution in [2.45, 2.75) is 31.0 Å². The van der Waals surface area contributed by atoms with Crippen molar-refractivity contribution < 1.29 is 0 Å². The predicted octanol–water partition coefficient (Wildman–Crippen LogP) is 2.85. The SMILES string of the molecule is CC(C)C(C)Sc1nc(Cl)ncc1N. The van der Waals surface area contributed by atoms with E-state index in [0.717, 1.165) is 5.03 Å². The minimum Gasteiger partial charge on any atom is -0.395 e. The number of nitrogen functional groups attached to an aromatic ring is 1. The number of hydrogen-bond acceptors (Lipinski definition) is 4. The van der Waals surface area contributed by atoms with E-state index in [4.69, 9.17) is 17.3 Å². The van der Waals surface area contributed by atoms with Crippen molar-refractivity contribution >= 4 is 29.1 Å². The maximum Gasteiger partial charge on any atom is 0.223 e. The molecule has 1 aromatic rings. The Kier molecular flexibility index (Phi) is 4.01. The van der Waals surface area contributed by atoms with Crippen molar-refractivity contribution in [1.82, 2.24) is 9.97 Å². The summed E-state index contributed by atoms with van der Waals surface area (Å²) in [5.41, 5.74) is 6.32. The molecule has 0 amide bonds. The summed E-state index contributed by atoms with van der Waals surface area (Å²) in [6.07, 6.45) is 1.55. The van der Waals surface area contributed by atoms with Crippen LogP contribution in [0.1, 0.15) is 20.8 Å². The van der Waals surface area contributed by atoms with Gasteiger partial charge in [-0.25, -0.2) is 9.97 Å². The number of nitrogens with zero attached hydrogens (tertiary/aromatic N) is 2. The van der Waals surface area contributed by atoms with Gasteiger partial charge in [0, 0.05) is 5.25 Å². The lowest BCUT2D eigenvalue weighted by atomic mass is 10.2. The summed E-state index contributed by atoms with van der Waals surface area (Å²) in [5.74, 6) is 0.577. The van der Waals surface area contributed by atoms with Gasteiger partial charge in [-0.15, -0.1) is 11.8 Å². The minimum atomic E-state index is 0.248. The van der Waals surface area contributed by atoms with Crippen LogP contribution >= 0.6 is 23.4 Å². The van der Waals surface area contributed by atoms with Crippen molar-refractivity contribution in [1.29, 1.82) is 0 Å². The minimum absolute atomic E-state index is 0.248. The van der Waals surface area contributed by atoms with Gasteiger partial charge in [-0.05, 0) is 17.5 Å². The van der Waals surface area contributed by atoms with E-state index in [-0.39, 0.29) is 5.28 Å². The molecular weight excluding hydrogens is 218 g/mol. The Bertz CT molecular complexity index is 317. The molecule has 2 N–H and O–H groups in total. The van der Waals surface area contributed by atoms with Gasteiger partial charge in [-0.1, -0.05) is 20.8 Å². The van der Waals surface area contributed by atoms with E-state index in [0.29, 0.717) is 16.9 Å². The molecule has 0 spiro atoms. The van der Waals surface area contributed by atoms with Crippen LogP contribution in [0.25, 0.3) is 0 Å². The smallest absolute Gasteiger partial charge is 0.223 e. The number of hydrogen-bond donors (Lipinski definition) is 1. The summed E-state index contributed by atoms with van der Waals surface area (Å²) in [6.45, 7) is 6.47. The maximum absolute atomic E-state index is 5.73. The monoisotopic (exact) mass is 231 g/mol. The Labute approximate surface area is 93.5 Å². The highest BCUT2D eigenvalue weighted by Crippen LogP contribution is 2.30. The highest BCUT2D eigenvalue weighted by Gasteiger charge is 2.12. The number of anilines is 1. The van der Waals surface area contributed by atoms with Crippen molar-refractivity contribution in [3.63, 3.8) is 0 Å². The quantitative estimate of drug-likeness (QED) is 0.494. The van der Waals surface area contributed by atoms with Crippen molar-refractivity contribution in [3.05, 3.63) is 11.5 Å². The number of nitrogens with two attached hydrogens (primary N) is 1. The van der Waals surface area contributed by atoms with Crippen molar-refractivity contribution in [2.75, 3.05) is 5.73 Å². The third kappa shape index (κ3) is 3.03. The molecule has 0 radical (unpaired) electrons. The number of aromatic nitrogens is 2. The Balaban J connectivity index is 2.80. The normalized spacial score (nSPS) is 13.2. The van der Waals surface area contributed by atoms with E-state index in [1.165, 1.54) is 0 Å². The second-order valence-corrected chi connectivity index (χ2v) is 5.17. The molecule has 0 saturated carbocycles. The topological polar surface area (TPSA) is 51.8 Å². The van der Waals surface area contributed by atoms with Gasteiger partial charge in [0.25, 0.3) is 0 Å². The summed E-state index contributed by atoms with van der Waals surface area (Å²) in [7, 11) is 0. The molecule has 0 aliphatic carbocycles. The lowest BCUT2D eigenvalue weighted by Gasteiger charge is -2.14. The zero-order valence-electron chi connectivity index (χ0n) is 8.49. The Morgan fingerprint density at radius 3 is 2.64 bits per heavy atom. The first-order valence-corrected chi connectivity index (χ1v) is 5.71. The average molecular weight is 232 g/mol. The third-order valence-electron chi connectivity index (χ3n) is 1.99. The van der Waals surface area contributed by atoms with Crippen LogP contribution in [-0.4, -0.2) is 15.2 Å². The third-order valence-corrected chi connectivity index (χ3v) is 3.64. The van der Waals surface area contributed by atoms with E-state index in [1.807, 2.05) is 0 Å². The summed E-state index contributed by atoms with van der Waals surface area (Å²) < 4.78 is 0. The lowest BCUT2D eigenvalue weighted by Crippen LogP contribution is -2.07. The highest BCUT2D eigenvalue weighted by molar-refractivity contribution is 8.00. The van der Waals surface area contributed by atoms with Crippen LogP contribution in [0.4, 0.5) is 5.69 Å². The molecule has 1 unspecified atom stereocenters. The summed E-state index contributed by atoms with van der Waals surface area (Å²) in [5, 5.41) is 1.48. The lowest BCUT2D eigenvalue weighted by molar-refractivity contribution is 0.641. The zero-order chi connectivity index (χ0) is 10.7. The molecule has 1 aromatic heterocycles. The first-order chi connectivity index (χ1) is 6.50. The largest absolute Gasteiger partial charge is 0.395 e. The molecule has 0 aromatic carbocycles. The molecule has 1 heterocycles. The Hall–Kier alpha value is -0.480. The standard InChI is InChI=1S/C9H14ClN3S/c1-5(2)6(3)14-8-7(11)4-12-9(10)13-8/h4-6H,11H2,1-3H3. The fourth-order valence-electron chi connectivity index (χ4n) is 0.762. The van der Waals surface area contributed by atoms with E-state index < -0.39 is 0 Å². The average Bonchev–Trinajstić information content (AvgIpc) is 2.11. The van der Waals surface area contributed by atoms with Crippen LogP contribution in [0.15, 0.2) is 11.2 Å². The number of thioether (sulfide) groups is 1. The molecule has 3 nitrogen and oxygen atoms in total. The van der Waals surface area contributed by atoms with Crippen LogP contribution in [0.3, 0.4) is 0 Å². The van der Waals surface area contributed by atoms with Gasteiger partial charge < -0.3 is 5.73 Å². The molecular formula is C9H14ClN3S. The van der Waals surface area contributed by atoms with Gasteiger partial charge in [0.2, 0.25) is 5.28 Å². The molecule has 0 saturated heterocycles. The molecule has 78 valence electrons. The van der Waals surface area contributed by atoms with E-state index in [1.54, 1.807) is 18.0 Å². The number of rotatable bonds is 3. The highest BCUT2D eigenvalue weighted by atomic mass is 35.5. The van der Waals surface area contributed by atoms with Crippen LogP contribution in [0.2, 0.25) is 5.28 Å². The molecule has 0 bridgehead atoms. The van der Waals surface area contributed by atoms with E-state index >= 15 is 0 Å². The predicted molar refractivity (Wildman–Crippen MR) is 61.6 cm³/mol. The van der Waals surface area contributed by atoms with Crippen molar-refractivity contribution in [2.24, 2.45) is 5.92 Å². The first-order valence-electron chi connectivity index (χ1n) is 4.45. The van der Waals surface area contributed by atoms with E-state index in [9.17, 15) is 0 Å². The van der Waals surface area contributed by atoms with Crippen LogP contribution < -0.4 is 5.73 Å².